The van der Waals surface area contributed by atoms with Crippen LogP contribution in [0, 0.1) is 0 Å². The Morgan fingerprint density at radius 2 is 1.49 bits per heavy atom. The largest absolute Gasteiger partial charge is 0.494 e. The summed E-state index contributed by atoms with van der Waals surface area (Å²) in [5.74, 6) is -1.20. The second-order valence-corrected chi connectivity index (χ2v) is 10.7. The molecule has 14 heteroatoms. The van der Waals surface area contributed by atoms with Crippen molar-refractivity contribution in [2.45, 2.75) is 24.4 Å². The van der Waals surface area contributed by atoms with E-state index in [1.54, 1.807) is 25.3 Å². The van der Waals surface area contributed by atoms with E-state index in [2.05, 4.69) is 10.0 Å². The third-order valence-electron chi connectivity index (χ3n) is 5.86. The lowest BCUT2D eigenvalue weighted by Gasteiger charge is -2.23. The highest BCUT2D eigenvalue weighted by atomic mass is 32.2. The van der Waals surface area contributed by atoms with Gasteiger partial charge in [0.2, 0.25) is 10.0 Å². The number of carbonyl (C=O) groups is 1. The van der Waals surface area contributed by atoms with Crippen LogP contribution in [-0.2, 0) is 14.8 Å². The Labute approximate surface area is 235 Å². The number of hydrogen-bond donors (Lipinski definition) is 8. The molecule has 4 rings (SSSR count). The Kier molecular flexibility index (Phi) is 10.4. The van der Waals surface area contributed by atoms with Crippen LogP contribution in [0.5, 0.6) is 5.75 Å². The average molecular weight is 590 g/mol. The summed E-state index contributed by atoms with van der Waals surface area (Å²) in [6, 6.07) is 21.0. The molecular formula is C27H31N3O10S. The van der Waals surface area contributed by atoms with Gasteiger partial charge in [0, 0.05) is 16.8 Å². The highest BCUT2D eigenvalue weighted by molar-refractivity contribution is 7.92. The van der Waals surface area contributed by atoms with Gasteiger partial charge in [-0.2, -0.15) is 0 Å². The summed E-state index contributed by atoms with van der Waals surface area (Å²) in [4.78, 5) is 14.8. The van der Waals surface area contributed by atoms with E-state index in [9.17, 15) is 13.2 Å². The number of ether oxygens (including phenoxy) is 1. The van der Waals surface area contributed by atoms with Gasteiger partial charge in [-0.1, -0.05) is 36.4 Å². The molecule has 1 heterocycles. The maximum absolute atomic E-state index is 11.5. The summed E-state index contributed by atoms with van der Waals surface area (Å²) in [7, 11) is -1.82. The summed E-state index contributed by atoms with van der Waals surface area (Å²) in [5, 5.41) is 57.2. The molecule has 0 aliphatic carbocycles. The smallest absolute Gasteiger partial charge is 0.335 e. The minimum absolute atomic E-state index is 0.439. The molecule has 8 N–H and O–H groups in total. The number of nitrogens with one attached hydrogen (secondary N) is 2. The number of aliphatic carboxylic acids is 1. The summed E-state index contributed by atoms with van der Waals surface area (Å²) in [5.41, 5.74) is 3.86. The molecule has 0 aliphatic rings. The van der Waals surface area contributed by atoms with E-state index in [0.29, 0.717) is 11.4 Å². The molecule has 0 amide bonds. The van der Waals surface area contributed by atoms with Crippen molar-refractivity contribution in [3.05, 3.63) is 66.7 Å². The molecule has 0 saturated heterocycles. The van der Waals surface area contributed by atoms with Gasteiger partial charge in [-0.25, -0.2) is 18.2 Å². The fourth-order valence-corrected chi connectivity index (χ4v) is 4.40. The first-order chi connectivity index (χ1) is 19.4. The Hall–Kier alpha value is -4.05. The maximum atomic E-state index is 11.5. The van der Waals surface area contributed by atoms with E-state index >= 15 is 0 Å². The number of benzene rings is 3. The monoisotopic (exact) mass is 589 g/mol. The highest BCUT2D eigenvalue weighted by Crippen LogP contribution is 2.37. The number of aromatic nitrogens is 1. The Bertz CT molecular complexity index is 1560. The summed E-state index contributed by atoms with van der Waals surface area (Å²) in [6.45, 7) is -0.843. The van der Waals surface area contributed by atoms with Gasteiger partial charge in [0.25, 0.3) is 0 Å². The number of rotatable bonds is 10. The molecule has 0 aliphatic heterocycles. The number of nitrogens with zero attached hydrogens (tertiary/aromatic N) is 1. The summed E-state index contributed by atoms with van der Waals surface area (Å²) < 4.78 is 30.9. The van der Waals surface area contributed by atoms with Crippen molar-refractivity contribution in [3.8, 4) is 5.75 Å². The standard InChI is InChI=1S/C21H19N3O3S.C6H12O7/c1-27-20-13-14(24-28(2,25)26)11-12-19(20)23-21-15-7-3-5-9-17(15)22-18-10-6-4-8-16(18)21;7-1-2(8)3(9)4(10)5(11)6(12)13/h3-13,24H,1-2H3,(H,22,23);2-5,7-11H,1H2,(H,12,13)/t;2-,3-,4+,5-/m.1/s1. The summed E-state index contributed by atoms with van der Waals surface area (Å²) >= 11 is 0. The molecule has 0 spiro atoms. The predicted molar refractivity (Wildman–Crippen MR) is 153 cm³/mol. The van der Waals surface area contributed by atoms with Crippen molar-refractivity contribution < 1.29 is 48.6 Å². The molecule has 0 saturated carbocycles. The number of aliphatic hydroxyl groups is 5. The predicted octanol–water partition coefficient (Wildman–Crippen LogP) is 1.02. The van der Waals surface area contributed by atoms with Gasteiger partial charge in [0.05, 0.1) is 48.1 Å². The number of pyridine rings is 1. The molecule has 0 fully saturated rings. The van der Waals surface area contributed by atoms with E-state index < -0.39 is 47.0 Å². The topological polar surface area (TPSA) is 219 Å². The van der Waals surface area contributed by atoms with Crippen molar-refractivity contribution in [2.24, 2.45) is 0 Å². The number of carboxylic acids is 1. The molecule has 0 bridgehead atoms. The second-order valence-electron chi connectivity index (χ2n) is 8.95. The Balaban J connectivity index is 0.000000302. The first-order valence-corrected chi connectivity index (χ1v) is 14.0. The van der Waals surface area contributed by atoms with Crippen molar-refractivity contribution in [1.82, 2.24) is 4.98 Å². The first kappa shape index (κ1) is 31.5. The quantitative estimate of drug-likeness (QED) is 0.122. The average Bonchev–Trinajstić information content (AvgIpc) is 2.95. The molecular weight excluding hydrogens is 558 g/mol. The van der Waals surface area contributed by atoms with Gasteiger partial charge < -0.3 is 40.7 Å². The zero-order valence-electron chi connectivity index (χ0n) is 22.0. The normalized spacial score (nSPS) is 14.3. The second kappa shape index (κ2) is 13.5. The molecule has 220 valence electrons. The number of methoxy groups -OCH3 is 1. The van der Waals surface area contributed by atoms with Crippen LogP contribution in [0.15, 0.2) is 66.7 Å². The molecule has 41 heavy (non-hydrogen) atoms. The molecule has 1 aromatic heterocycles. The molecule has 0 unspecified atom stereocenters. The maximum Gasteiger partial charge on any atom is 0.335 e. The van der Waals surface area contributed by atoms with Crippen LogP contribution in [0.25, 0.3) is 21.8 Å². The van der Waals surface area contributed by atoms with Crippen molar-refractivity contribution in [2.75, 3.05) is 30.0 Å². The molecule has 4 atom stereocenters. The number of para-hydroxylation sites is 2. The number of hydrogen-bond acceptors (Lipinski definition) is 11. The van der Waals surface area contributed by atoms with Crippen molar-refractivity contribution in [1.29, 1.82) is 0 Å². The van der Waals surface area contributed by atoms with Gasteiger partial charge in [-0.3, -0.25) is 4.72 Å². The van der Waals surface area contributed by atoms with Crippen LogP contribution in [-0.4, -0.2) is 94.4 Å². The molecule has 3 aromatic carbocycles. The van der Waals surface area contributed by atoms with Gasteiger partial charge in [0.1, 0.15) is 24.1 Å². The third-order valence-corrected chi connectivity index (χ3v) is 6.47. The number of sulfonamides is 1. The van der Waals surface area contributed by atoms with Crippen LogP contribution < -0.4 is 14.8 Å². The zero-order valence-corrected chi connectivity index (χ0v) is 22.9. The Morgan fingerprint density at radius 3 is 1.98 bits per heavy atom. The zero-order chi connectivity index (χ0) is 30.3. The lowest BCUT2D eigenvalue weighted by Crippen LogP contribution is -2.48. The van der Waals surface area contributed by atoms with Gasteiger partial charge in [0.15, 0.2) is 6.10 Å². The van der Waals surface area contributed by atoms with Gasteiger partial charge >= 0.3 is 5.97 Å². The molecule has 13 nitrogen and oxygen atoms in total. The van der Waals surface area contributed by atoms with Crippen LogP contribution in [0.3, 0.4) is 0 Å². The fourth-order valence-electron chi connectivity index (χ4n) is 3.85. The lowest BCUT2D eigenvalue weighted by molar-refractivity contribution is -0.164. The van der Waals surface area contributed by atoms with E-state index in [4.69, 9.17) is 40.4 Å². The first-order valence-electron chi connectivity index (χ1n) is 12.1. The van der Waals surface area contributed by atoms with Crippen LogP contribution in [0.1, 0.15) is 0 Å². The SMILES string of the molecule is COc1cc(NS(C)(=O)=O)ccc1Nc1c2ccccc2nc2ccccc12.O=C(O)[C@H](O)[C@@H](O)[C@H](O)[C@H](O)CO. The minimum Gasteiger partial charge on any atom is -0.494 e. The molecule has 0 radical (unpaired) electrons. The number of anilines is 3. The van der Waals surface area contributed by atoms with E-state index in [-0.39, 0.29) is 0 Å². The van der Waals surface area contributed by atoms with Gasteiger partial charge in [-0.15, -0.1) is 0 Å². The van der Waals surface area contributed by atoms with Crippen LogP contribution in [0.4, 0.5) is 17.1 Å². The van der Waals surface area contributed by atoms with E-state index in [1.807, 2.05) is 48.5 Å². The molecule has 4 aromatic rings. The lowest BCUT2D eigenvalue weighted by atomic mass is 10.0. The minimum atomic E-state index is -3.37. The number of carboxylic acid groups (broad SMARTS) is 1. The number of fused-ring (bicyclic) bond motifs is 2. The van der Waals surface area contributed by atoms with Crippen LogP contribution in [0.2, 0.25) is 0 Å². The highest BCUT2D eigenvalue weighted by Gasteiger charge is 2.33. The van der Waals surface area contributed by atoms with Crippen LogP contribution >= 0.6 is 0 Å². The Morgan fingerprint density at radius 1 is 0.927 bits per heavy atom. The third kappa shape index (κ3) is 8.00. The van der Waals surface area contributed by atoms with E-state index in [1.165, 1.54) is 0 Å². The van der Waals surface area contributed by atoms with Crippen molar-refractivity contribution in [3.63, 3.8) is 0 Å². The van der Waals surface area contributed by atoms with Gasteiger partial charge in [-0.05, 0) is 24.3 Å². The summed E-state index contributed by atoms with van der Waals surface area (Å²) in [6.07, 6.45) is -6.73. The number of aliphatic hydroxyl groups excluding tert-OH is 5. The van der Waals surface area contributed by atoms with E-state index in [0.717, 1.165) is 39.4 Å². The van der Waals surface area contributed by atoms with Crippen molar-refractivity contribution >= 4 is 54.9 Å². The fraction of sp³-hybridized carbons (Fsp3) is 0.259.